The largest absolute Gasteiger partial charge is 0.391 e. The summed E-state index contributed by atoms with van der Waals surface area (Å²) >= 11 is 3.01. The van der Waals surface area contributed by atoms with E-state index < -0.39 is 23.0 Å². The molecule has 8 heteroatoms. The van der Waals surface area contributed by atoms with Gasteiger partial charge in [0.1, 0.15) is 11.6 Å². The minimum Gasteiger partial charge on any atom is -0.391 e. The van der Waals surface area contributed by atoms with Gasteiger partial charge in [-0.05, 0) is 42.4 Å². The molecule has 0 aromatic heterocycles. The summed E-state index contributed by atoms with van der Waals surface area (Å²) in [6.07, 6.45) is -1.78. The molecule has 32 heavy (non-hydrogen) atoms. The van der Waals surface area contributed by atoms with Crippen LogP contribution in [-0.4, -0.2) is 64.7 Å². The van der Waals surface area contributed by atoms with E-state index in [-0.39, 0.29) is 27.9 Å². The monoisotopic (exact) mass is 477 g/mol. The number of rotatable bonds is 2. The van der Waals surface area contributed by atoms with Gasteiger partial charge in [-0.15, -0.1) is 23.5 Å². The van der Waals surface area contributed by atoms with Crippen molar-refractivity contribution < 1.29 is 23.8 Å². The number of halogens is 2. The van der Waals surface area contributed by atoms with E-state index in [2.05, 4.69) is 0 Å². The molecule has 3 heterocycles. The van der Waals surface area contributed by atoms with Crippen molar-refractivity contribution in [1.82, 2.24) is 4.90 Å². The Morgan fingerprint density at radius 1 is 0.812 bits per heavy atom. The van der Waals surface area contributed by atoms with Crippen LogP contribution in [0, 0.1) is 22.5 Å². The Kier molecular flexibility index (Phi) is 5.65. The highest BCUT2D eigenvalue weighted by molar-refractivity contribution is 8.00. The van der Waals surface area contributed by atoms with E-state index in [9.17, 15) is 23.8 Å². The zero-order chi connectivity index (χ0) is 22.7. The molecule has 3 fully saturated rings. The summed E-state index contributed by atoms with van der Waals surface area (Å²) in [6.45, 7) is 0.717. The van der Waals surface area contributed by atoms with Gasteiger partial charge in [0.25, 0.3) is 0 Å². The van der Waals surface area contributed by atoms with Crippen LogP contribution in [0.5, 0.6) is 0 Å². The Labute approximate surface area is 194 Å². The van der Waals surface area contributed by atoms with Crippen LogP contribution in [0.15, 0.2) is 48.5 Å². The average Bonchev–Trinajstić information content (AvgIpc) is 3.26. The minimum absolute atomic E-state index is 0.137. The van der Waals surface area contributed by atoms with E-state index in [4.69, 9.17) is 0 Å². The van der Waals surface area contributed by atoms with Gasteiger partial charge in [-0.1, -0.05) is 24.3 Å². The predicted octanol–water partition coefficient (Wildman–Crippen LogP) is 3.45. The molecule has 0 aliphatic carbocycles. The lowest BCUT2D eigenvalue weighted by atomic mass is 9.58. The van der Waals surface area contributed by atoms with E-state index in [0.717, 1.165) is 11.1 Å². The molecule has 2 aromatic rings. The number of ketones is 1. The number of carbonyl (C=O) groups excluding carboxylic acids is 1. The molecule has 3 aliphatic heterocycles. The first-order valence-corrected chi connectivity index (χ1v) is 12.7. The second-order valence-electron chi connectivity index (χ2n) is 9.14. The highest BCUT2D eigenvalue weighted by atomic mass is 32.2. The molecule has 2 spiro atoms. The fraction of sp³-hybridized carbons (Fsp3) is 0.458. The maximum absolute atomic E-state index is 14.5. The van der Waals surface area contributed by atoms with Crippen LogP contribution in [0.2, 0.25) is 0 Å². The lowest BCUT2D eigenvalue weighted by Gasteiger charge is -2.53. The average molecular weight is 478 g/mol. The molecule has 3 saturated heterocycles. The Hall–Kier alpha value is -1.45. The number of hydrogen-bond acceptors (Lipinski definition) is 6. The maximum Gasteiger partial charge on any atom is 0.155 e. The van der Waals surface area contributed by atoms with E-state index in [1.807, 2.05) is 11.9 Å². The Morgan fingerprint density at radius 3 is 1.56 bits per heavy atom. The second kappa shape index (κ2) is 8.09. The number of piperidine rings is 1. The number of thioether (sulfide) groups is 2. The zero-order valence-electron chi connectivity index (χ0n) is 17.6. The van der Waals surface area contributed by atoms with Crippen LogP contribution < -0.4 is 0 Å². The number of Topliss-reactive ketones (excluding diaryl/α,β-unsaturated/α-hetero) is 1. The highest BCUT2D eigenvalue weighted by Crippen LogP contribution is 2.64. The van der Waals surface area contributed by atoms with Gasteiger partial charge in [0, 0.05) is 35.1 Å². The van der Waals surface area contributed by atoms with E-state index >= 15 is 0 Å². The molecule has 170 valence electrons. The number of benzene rings is 2. The summed E-state index contributed by atoms with van der Waals surface area (Å²) in [7, 11) is 1.91. The van der Waals surface area contributed by atoms with Crippen molar-refractivity contribution in [1.29, 1.82) is 0 Å². The van der Waals surface area contributed by atoms with E-state index in [0.29, 0.717) is 24.6 Å². The van der Waals surface area contributed by atoms with Crippen molar-refractivity contribution in [3.63, 3.8) is 0 Å². The molecule has 0 bridgehead atoms. The minimum atomic E-state index is -1.13. The zero-order valence-corrected chi connectivity index (χ0v) is 19.2. The van der Waals surface area contributed by atoms with Crippen molar-refractivity contribution in [3.8, 4) is 0 Å². The molecule has 0 radical (unpaired) electrons. The van der Waals surface area contributed by atoms with Gasteiger partial charge in [-0.2, -0.15) is 0 Å². The third-order valence-corrected chi connectivity index (χ3v) is 10.3. The normalized spacial score (nSPS) is 37.6. The lowest BCUT2D eigenvalue weighted by molar-refractivity contribution is -0.163. The van der Waals surface area contributed by atoms with Gasteiger partial charge in [0.2, 0.25) is 0 Å². The summed E-state index contributed by atoms with van der Waals surface area (Å²) in [5.41, 5.74) is -0.658. The molecule has 2 N–H and O–H groups in total. The van der Waals surface area contributed by atoms with Gasteiger partial charge in [-0.3, -0.25) is 4.79 Å². The van der Waals surface area contributed by atoms with Gasteiger partial charge in [0.15, 0.2) is 5.78 Å². The van der Waals surface area contributed by atoms with Crippen LogP contribution in [0.3, 0.4) is 0 Å². The van der Waals surface area contributed by atoms with Crippen LogP contribution in [0.1, 0.15) is 21.6 Å². The van der Waals surface area contributed by atoms with Crippen LogP contribution >= 0.6 is 23.5 Å². The molecule has 6 unspecified atom stereocenters. The van der Waals surface area contributed by atoms with E-state index in [1.54, 1.807) is 24.3 Å². The fourth-order valence-electron chi connectivity index (χ4n) is 5.82. The number of hydrogen-bond donors (Lipinski definition) is 2. The first kappa shape index (κ1) is 22.3. The lowest BCUT2D eigenvalue weighted by Crippen LogP contribution is -2.66. The number of likely N-dealkylation sites (tertiary alicyclic amines) is 1. The molecule has 4 nitrogen and oxygen atoms in total. The number of nitrogens with zero attached hydrogens (tertiary/aromatic N) is 1. The Balaban J connectivity index is 1.64. The van der Waals surface area contributed by atoms with Crippen LogP contribution in [-0.2, 0) is 4.79 Å². The smallest absolute Gasteiger partial charge is 0.155 e. The summed E-state index contributed by atoms with van der Waals surface area (Å²) in [6, 6.07) is 12.2. The first-order chi connectivity index (χ1) is 15.3. The highest BCUT2D eigenvalue weighted by Gasteiger charge is 2.69. The van der Waals surface area contributed by atoms with Gasteiger partial charge in [-0.25, -0.2) is 8.78 Å². The summed E-state index contributed by atoms with van der Waals surface area (Å²) in [5, 5.41) is 21.7. The van der Waals surface area contributed by atoms with Crippen molar-refractivity contribution >= 4 is 29.3 Å². The number of aliphatic hydroxyl groups excluding tert-OH is 2. The molecule has 5 rings (SSSR count). The van der Waals surface area contributed by atoms with Crippen molar-refractivity contribution in [3.05, 3.63) is 71.3 Å². The third-order valence-electron chi connectivity index (χ3n) is 7.22. The second-order valence-corrected chi connectivity index (χ2v) is 11.4. The van der Waals surface area contributed by atoms with Crippen LogP contribution in [0.4, 0.5) is 8.78 Å². The fourth-order valence-corrected chi connectivity index (χ4v) is 9.14. The van der Waals surface area contributed by atoms with Gasteiger partial charge in [0.05, 0.1) is 23.0 Å². The molecular weight excluding hydrogens is 452 g/mol. The first-order valence-electron chi connectivity index (χ1n) is 10.6. The quantitative estimate of drug-likeness (QED) is 0.691. The van der Waals surface area contributed by atoms with Gasteiger partial charge < -0.3 is 15.1 Å². The van der Waals surface area contributed by atoms with E-state index in [1.165, 1.54) is 47.8 Å². The molecule has 0 amide bonds. The summed E-state index contributed by atoms with van der Waals surface area (Å²) in [4.78, 5) is 16.5. The van der Waals surface area contributed by atoms with Gasteiger partial charge >= 0.3 is 0 Å². The Bertz CT molecular complexity index is 941. The summed E-state index contributed by atoms with van der Waals surface area (Å²) in [5.74, 6) is -0.0610. The standard InChI is InChI=1S/C24H25F2NO3S2/c1-27-12-23(18(28)10-31-20(23)14-2-6-16(25)7-3-14)22(30)24(13-27)19(29)11-32-21(24)15-4-8-17(26)9-5-15/h2-9,18-21,28-29H,10-13H2,1H3. The molecule has 0 saturated carbocycles. The molecular formula is C24H25F2NO3S2. The topological polar surface area (TPSA) is 60.8 Å². The predicted molar refractivity (Wildman–Crippen MR) is 123 cm³/mol. The van der Waals surface area contributed by atoms with Crippen molar-refractivity contribution in [2.45, 2.75) is 22.7 Å². The third kappa shape index (κ3) is 3.18. The molecule has 2 aromatic carbocycles. The summed E-state index contributed by atoms with van der Waals surface area (Å²) < 4.78 is 27.2. The SMILES string of the molecule is CN1CC2(C(=O)C3(C1)C(O)CSC3c1ccc(F)cc1)C(O)CSC2c1ccc(F)cc1. The Morgan fingerprint density at radius 2 is 1.19 bits per heavy atom. The van der Waals surface area contributed by atoms with Crippen molar-refractivity contribution in [2.75, 3.05) is 31.6 Å². The number of carbonyl (C=O) groups is 1. The molecule has 6 atom stereocenters. The van der Waals surface area contributed by atoms with Crippen LogP contribution in [0.25, 0.3) is 0 Å². The maximum atomic E-state index is 14.5. The molecule has 3 aliphatic rings. The number of aliphatic hydroxyl groups is 2. The van der Waals surface area contributed by atoms with Crippen molar-refractivity contribution in [2.24, 2.45) is 10.8 Å².